The van der Waals surface area contributed by atoms with Crippen LogP contribution in [-0.4, -0.2) is 18.9 Å². The van der Waals surface area contributed by atoms with Crippen molar-refractivity contribution in [3.63, 3.8) is 0 Å². The summed E-state index contributed by atoms with van der Waals surface area (Å²) in [5, 5.41) is 1.00. The van der Waals surface area contributed by atoms with E-state index in [9.17, 15) is 9.59 Å². The fourth-order valence-electron chi connectivity index (χ4n) is 1.49. The van der Waals surface area contributed by atoms with Gasteiger partial charge in [-0.3, -0.25) is 9.59 Å². The average Bonchev–Trinajstić information content (AvgIpc) is 2.80. The van der Waals surface area contributed by atoms with Gasteiger partial charge in [-0.1, -0.05) is 0 Å². The SMILES string of the molecule is CCOC(=O)Cc1cc2c(Br)sc(C=O)c2s1. The molecule has 0 N–H and O–H groups in total. The van der Waals surface area contributed by atoms with Crippen LogP contribution in [0.25, 0.3) is 10.1 Å². The molecule has 0 radical (unpaired) electrons. The van der Waals surface area contributed by atoms with Gasteiger partial charge in [-0.05, 0) is 28.9 Å². The Bertz CT molecular complexity index is 571. The molecule has 0 atom stereocenters. The molecule has 0 spiro atoms. The lowest BCUT2D eigenvalue weighted by atomic mass is 10.3. The van der Waals surface area contributed by atoms with E-state index in [1.54, 1.807) is 6.92 Å². The summed E-state index contributed by atoms with van der Waals surface area (Å²) in [4.78, 5) is 23.9. The summed E-state index contributed by atoms with van der Waals surface area (Å²) >= 11 is 6.31. The summed E-state index contributed by atoms with van der Waals surface area (Å²) in [6.45, 7) is 2.17. The predicted molar refractivity (Wildman–Crippen MR) is 73.1 cm³/mol. The van der Waals surface area contributed by atoms with E-state index in [4.69, 9.17) is 4.74 Å². The molecule has 0 fully saturated rings. The van der Waals surface area contributed by atoms with Gasteiger partial charge in [0.2, 0.25) is 0 Å². The van der Waals surface area contributed by atoms with E-state index >= 15 is 0 Å². The van der Waals surface area contributed by atoms with Crippen LogP contribution < -0.4 is 0 Å². The van der Waals surface area contributed by atoms with Crippen molar-refractivity contribution in [3.05, 3.63) is 19.6 Å². The number of halogens is 1. The molecule has 0 saturated heterocycles. The molecule has 0 saturated carbocycles. The van der Waals surface area contributed by atoms with E-state index in [-0.39, 0.29) is 12.4 Å². The van der Waals surface area contributed by atoms with Crippen LogP contribution >= 0.6 is 38.6 Å². The second kappa shape index (κ2) is 5.29. The first-order chi connectivity index (χ1) is 8.15. The minimum absolute atomic E-state index is 0.233. The van der Waals surface area contributed by atoms with E-state index in [1.165, 1.54) is 22.7 Å². The van der Waals surface area contributed by atoms with Gasteiger partial charge in [0, 0.05) is 10.3 Å². The van der Waals surface area contributed by atoms with Crippen LogP contribution in [0.1, 0.15) is 21.5 Å². The Balaban J connectivity index is 2.31. The van der Waals surface area contributed by atoms with Gasteiger partial charge in [-0.25, -0.2) is 0 Å². The van der Waals surface area contributed by atoms with Crippen LogP contribution in [0.4, 0.5) is 0 Å². The molecule has 0 bridgehead atoms. The number of hydrogen-bond acceptors (Lipinski definition) is 5. The van der Waals surface area contributed by atoms with Gasteiger partial charge < -0.3 is 4.74 Å². The average molecular weight is 333 g/mol. The van der Waals surface area contributed by atoms with E-state index in [0.717, 1.165) is 25.0 Å². The first kappa shape index (κ1) is 12.7. The molecule has 3 nitrogen and oxygen atoms in total. The van der Waals surface area contributed by atoms with Crippen molar-refractivity contribution in [3.8, 4) is 0 Å². The molecule has 17 heavy (non-hydrogen) atoms. The number of aldehydes is 1. The maximum absolute atomic E-state index is 11.4. The molecule has 2 rings (SSSR count). The number of rotatable bonds is 4. The largest absolute Gasteiger partial charge is 0.466 e. The van der Waals surface area contributed by atoms with Gasteiger partial charge in [-0.15, -0.1) is 22.7 Å². The van der Waals surface area contributed by atoms with E-state index < -0.39 is 0 Å². The summed E-state index contributed by atoms with van der Waals surface area (Å²) in [7, 11) is 0. The van der Waals surface area contributed by atoms with Gasteiger partial charge in [0.15, 0.2) is 6.29 Å². The van der Waals surface area contributed by atoms with Crippen molar-refractivity contribution in [1.82, 2.24) is 0 Å². The molecule has 90 valence electrons. The fraction of sp³-hybridized carbons (Fsp3) is 0.273. The quantitative estimate of drug-likeness (QED) is 0.634. The summed E-state index contributed by atoms with van der Waals surface area (Å²) in [5.41, 5.74) is 0. The third-order valence-corrected chi connectivity index (χ3v) is 5.28. The number of thiophene rings is 2. The zero-order chi connectivity index (χ0) is 12.4. The first-order valence-corrected chi connectivity index (χ1v) is 7.39. The first-order valence-electron chi connectivity index (χ1n) is 4.97. The maximum Gasteiger partial charge on any atom is 0.311 e. The minimum atomic E-state index is -0.233. The highest BCUT2D eigenvalue weighted by Gasteiger charge is 2.15. The Hall–Kier alpha value is -0.720. The number of ether oxygens (including phenoxy) is 1. The molecule has 0 aliphatic carbocycles. The van der Waals surface area contributed by atoms with Crippen LogP contribution in [0.3, 0.4) is 0 Å². The standard InChI is InChI=1S/C11H9BrO3S2/c1-2-15-9(14)4-6-3-7-10(16-6)8(5-13)17-11(7)12/h3,5H,2,4H2,1H3. The Labute approximate surface area is 115 Å². The second-order valence-electron chi connectivity index (χ2n) is 3.30. The molecular formula is C11H9BrO3S2. The van der Waals surface area contributed by atoms with Crippen molar-refractivity contribution in [2.24, 2.45) is 0 Å². The third kappa shape index (κ3) is 2.59. The summed E-state index contributed by atoms with van der Waals surface area (Å²) < 4.78 is 6.77. The van der Waals surface area contributed by atoms with Gasteiger partial charge in [-0.2, -0.15) is 0 Å². The highest BCUT2D eigenvalue weighted by molar-refractivity contribution is 9.11. The van der Waals surface area contributed by atoms with Crippen molar-refractivity contribution in [1.29, 1.82) is 0 Å². The van der Waals surface area contributed by atoms with Gasteiger partial charge >= 0.3 is 5.97 Å². The van der Waals surface area contributed by atoms with E-state index in [1.807, 2.05) is 6.07 Å². The minimum Gasteiger partial charge on any atom is -0.466 e. The van der Waals surface area contributed by atoms with Crippen molar-refractivity contribution >= 4 is 60.9 Å². The number of fused-ring (bicyclic) bond motifs is 1. The number of esters is 1. The van der Waals surface area contributed by atoms with Gasteiger partial charge in [0.25, 0.3) is 0 Å². The van der Waals surface area contributed by atoms with E-state index in [0.29, 0.717) is 11.5 Å². The number of hydrogen-bond donors (Lipinski definition) is 0. The summed E-state index contributed by atoms with van der Waals surface area (Å²) in [6, 6.07) is 1.94. The summed E-state index contributed by atoms with van der Waals surface area (Å²) in [6.07, 6.45) is 1.12. The maximum atomic E-state index is 11.4. The molecule has 0 aromatic carbocycles. The highest BCUT2D eigenvalue weighted by Crippen LogP contribution is 2.40. The van der Waals surface area contributed by atoms with Crippen LogP contribution in [0.5, 0.6) is 0 Å². The smallest absolute Gasteiger partial charge is 0.311 e. The van der Waals surface area contributed by atoms with Crippen molar-refractivity contribution in [2.75, 3.05) is 6.61 Å². The van der Waals surface area contributed by atoms with Crippen molar-refractivity contribution < 1.29 is 14.3 Å². The van der Waals surface area contributed by atoms with Crippen molar-refractivity contribution in [2.45, 2.75) is 13.3 Å². The Morgan fingerprint density at radius 3 is 2.94 bits per heavy atom. The zero-order valence-corrected chi connectivity index (χ0v) is 12.2. The third-order valence-electron chi connectivity index (χ3n) is 2.15. The van der Waals surface area contributed by atoms with Crippen LogP contribution in [0, 0.1) is 0 Å². The Morgan fingerprint density at radius 2 is 2.29 bits per heavy atom. The lowest BCUT2D eigenvalue weighted by Gasteiger charge is -1.98. The molecule has 0 aliphatic heterocycles. The molecule has 0 amide bonds. The Kier molecular flexibility index (Phi) is 3.96. The lowest BCUT2D eigenvalue weighted by Crippen LogP contribution is -2.06. The molecule has 2 aromatic heterocycles. The van der Waals surface area contributed by atoms with Gasteiger partial charge in [0.1, 0.15) is 0 Å². The number of carbonyl (C=O) groups excluding carboxylic acids is 2. The molecule has 0 aliphatic rings. The van der Waals surface area contributed by atoms with Gasteiger partial charge in [0.05, 0.1) is 26.4 Å². The van der Waals surface area contributed by atoms with Crippen LogP contribution in [0.2, 0.25) is 0 Å². The topological polar surface area (TPSA) is 43.4 Å². The predicted octanol–water partition coefficient (Wildman–Crippen LogP) is 3.64. The fourth-order valence-corrected chi connectivity index (χ4v) is 4.53. The molecule has 2 aromatic rings. The second-order valence-corrected chi connectivity index (χ2v) is 6.80. The summed E-state index contributed by atoms with van der Waals surface area (Å²) in [5.74, 6) is -0.233. The Morgan fingerprint density at radius 1 is 1.53 bits per heavy atom. The zero-order valence-electron chi connectivity index (χ0n) is 8.99. The lowest BCUT2D eigenvalue weighted by molar-refractivity contribution is -0.142. The van der Waals surface area contributed by atoms with E-state index in [2.05, 4.69) is 15.9 Å². The van der Waals surface area contributed by atoms with Crippen LogP contribution in [0.15, 0.2) is 9.85 Å². The number of carbonyl (C=O) groups is 2. The molecule has 2 heterocycles. The monoisotopic (exact) mass is 332 g/mol. The van der Waals surface area contributed by atoms with Crippen LogP contribution in [-0.2, 0) is 16.0 Å². The molecule has 0 unspecified atom stereocenters. The molecule has 6 heteroatoms. The normalized spacial score (nSPS) is 10.7. The molecular weight excluding hydrogens is 324 g/mol. The highest BCUT2D eigenvalue weighted by atomic mass is 79.9.